The number of carbonyl (C=O) groups excluding carboxylic acids is 2. The maximum atomic E-state index is 12.5. The first kappa shape index (κ1) is 19.4. The standard InChI is InChI=1S/C21H18ClN3O3/c1-2-28-21(27)17-8-3-4-9-18(17)25-19-12-14(10-11-23-19)20(26)24-16-7-5-6-15(22)13-16/h3-13H,2H2,1H3,(H,23,25)(H,24,26). The van der Waals surface area contributed by atoms with E-state index in [1.165, 1.54) is 6.20 Å². The second-order valence-electron chi connectivity index (χ2n) is 5.79. The van der Waals surface area contributed by atoms with E-state index in [2.05, 4.69) is 15.6 Å². The first-order valence-corrected chi connectivity index (χ1v) is 9.00. The molecule has 3 rings (SSSR count). The topological polar surface area (TPSA) is 80.3 Å². The summed E-state index contributed by atoms with van der Waals surface area (Å²) in [7, 11) is 0. The van der Waals surface area contributed by atoms with Crippen LogP contribution in [-0.2, 0) is 4.74 Å². The summed E-state index contributed by atoms with van der Waals surface area (Å²) in [5, 5.41) is 6.38. The number of halogens is 1. The number of nitrogens with zero attached hydrogens (tertiary/aromatic N) is 1. The molecule has 0 radical (unpaired) electrons. The van der Waals surface area contributed by atoms with Crippen molar-refractivity contribution in [2.24, 2.45) is 0 Å². The lowest BCUT2D eigenvalue weighted by molar-refractivity contribution is 0.0527. The highest BCUT2D eigenvalue weighted by Gasteiger charge is 2.13. The number of nitrogens with one attached hydrogen (secondary N) is 2. The number of hydrogen-bond donors (Lipinski definition) is 2. The lowest BCUT2D eigenvalue weighted by Gasteiger charge is -2.11. The molecule has 0 saturated carbocycles. The van der Waals surface area contributed by atoms with Gasteiger partial charge < -0.3 is 15.4 Å². The normalized spacial score (nSPS) is 10.2. The Bertz CT molecular complexity index is 1010. The second-order valence-corrected chi connectivity index (χ2v) is 6.22. The Balaban J connectivity index is 1.79. The zero-order valence-electron chi connectivity index (χ0n) is 15.1. The molecule has 1 aromatic heterocycles. The summed E-state index contributed by atoms with van der Waals surface area (Å²) in [6.45, 7) is 2.03. The first-order valence-electron chi connectivity index (χ1n) is 8.63. The molecule has 2 aromatic carbocycles. The van der Waals surface area contributed by atoms with Gasteiger partial charge in [0.1, 0.15) is 5.82 Å². The van der Waals surface area contributed by atoms with Crippen molar-refractivity contribution in [1.82, 2.24) is 4.98 Å². The molecule has 0 aliphatic carbocycles. The number of carbonyl (C=O) groups is 2. The summed E-state index contributed by atoms with van der Waals surface area (Å²) < 4.78 is 5.07. The molecule has 0 spiro atoms. The van der Waals surface area contributed by atoms with Crippen LogP contribution in [0.1, 0.15) is 27.6 Å². The molecule has 1 heterocycles. The average molecular weight is 396 g/mol. The molecular weight excluding hydrogens is 378 g/mol. The summed E-state index contributed by atoms with van der Waals surface area (Å²) in [5.74, 6) is -0.303. The van der Waals surface area contributed by atoms with Gasteiger partial charge in [-0.05, 0) is 49.4 Å². The van der Waals surface area contributed by atoms with Crippen molar-refractivity contribution in [3.05, 3.63) is 83.0 Å². The number of para-hydroxylation sites is 1. The van der Waals surface area contributed by atoms with E-state index in [1.807, 2.05) is 0 Å². The Hall–Kier alpha value is -3.38. The predicted octanol–water partition coefficient (Wildman–Crippen LogP) is 4.91. The van der Waals surface area contributed by atoms with Crippen LogP contribution in [0.4, 0.5) is 17.2 Å². The quantitative estimate of drug-likeness (QED) is 0.580. The Kier molecular flexibility index (Phi) is 6.24. The Labute approximate surface area is 167 Å². The minimum Gasteiger partial charge on any atom is -0.462 e. The third kappa shape index (κ3) is 4.86. The number of ether oxygens (including phenoxy) is 1. The first-order chi connectivity index (χ1) is 13.6. The molecule has 142 valence electrons. The summed E-state index contributed by atoms with van der Waals surface area (Å²) in [6, 6.07) is 17.0. The van der Waals surface area contributed by atoms with Crippen LogP contribution in [0.25, 0.3) is 0 Å². The van der Waals surface area contributed by atoms with E-state index in [-0.39, 0.29) is 12.5 Å². The lowest BCUT2D eigenvalue weighted by Crippen LogP contribution is -2.13. The van der Waals surface area contributed by atoms with Crippen molar-refractivity contribution in [2.45, 2.75) is 6.92 Å². The van der Waals surface area contributed by atoms with Gasteiger partial charge in [-0.2, -0.15) is 0 Å². The van der Waals surface area contributed by atoms with Crippen molar-refractivity contribution < 1.29 is 14.3 Å². The van der Waals surface area contributed by atoms with Crippen molar-refractivity contribution in [3.63, 3.8) is 0 Å². The number of anilines is 3. The van der Waals surface area contributed by atoms with Crippen molar-refractivity contribution in [1.29, 1.82) is 0 Å². The summed E-state index contributed by atoms with van der Waals surface area (Å²) in [5.41, 5.74) is 1.93. The van der Waals surface area contributed by atoms with Crippen LogP contribution in [0.2, 0.25) is 5.02 Å². The van der Waals surface area contributed by atoms with E-state index in [9.17, 15) is 9.59 Å². The molecule has 0 unspecified atom stereocenters. The third-order valence-electron chi connectivity index (χ3n) is 3.79. The van der Waals surface area contributed by atoms with E-state index in [0.29, 0.717) is 33.3 Å². The average Bonchev–Trinajstić information content (AvgIpc) is 2.69. The van der Waals surface area contributed by atoms with E-state index in [1.54, 1.807) is 67.6 Å². The van der Waals surface area contributed by atoms with Gasteiger partial charge in [-0.15, -0.1) is 0 Å². The molecule has 0 aliphatic rings. The van der Waals surface area contributed by atoms with Crippen LogP contribution in [-0.4, -0.2) is 23.5 Å². The van der Waals surface area contributed by atoms with Crippen LogP contribution in [0.15, 0.2) is 66.9 Å². The summed E-state index contributed by atoms with van der Waals surface area (Å²) in [4.78, 5) is 28.8. The van der Waals surface area contributed by atoms with E-state index < -0.39 is 5.97 Å². The highest BCUT2D eigenvalue weighted by Crippen LogP contribution is 2.22. The lowest BCUT2D eigenvalue weighted by atomic mass is 10.1. The fourth-order valence-corrected chi connectivity index (χ4v) is 2.72. The van der Waals surface area contributed by atoms with Crippen LogP contribution in [0.5, 0.6) is 0 Å². The number of amides is 1. The number of aromatic nitrogens is 1. The van der Waals surface area contributed by atoms with Crippen molar-refractivity contribution in [3.8, 4) is 0 Å². The SMILES string of the molecule is CCOC(=O)c1ccccc1Nc1cc(C(=O)Nc2cccc(Cl)c2)ccn1. The Morgan fingerprint density at radius 2 is 1.89 bits per heavy atom. The maximum absolute atomic E-state index is 12.5. The number of pyridine rings is 1. The maximum Gasteiger partial charge on any atom is 0.340 e. The molecular formula is C21H18ClN3O3. The van der Waals surface area contributed by atoms with E-state index in [4.69, 9.17) is 16.3 Å². The van der Waals surface area contributed by atoms with Gasteiger partial charge in [0.05, 0.1) is 17.9 Å². The van der Waals surface area contributed by atoms with E-state index in [0.717, 1.165) is 0 Å². The minimum atomic E-state index is -0.430. The second kappa shape index (κ2) is 9.01. The molecule has 6 nitrogen and oxygen atoms in total. The third-order valence-corrected chi connectivity index (χ3v) is 4.02. The van der Waals surface area contributed by atoms with Gasteiger partial charge in [-0.25, -0.2) is 9.78 Å². The number of esters is 1. The van der Waals surface area contributed by atoms with Crippen molar-refractivity contribution >= 4 is 40.7 Å². The highest BCUT2D eigenvalue weighted by molar-refractivity contribution is 6.31. The summed E-state index contributed by atoms with van der Waals surface area (Å²) >= 11 is 5.94. The van der Waals surface area contributed by atoms with Gasteiger partial charge in [0.15, 0.2) is 0 Å². The zero-order valence-corrected chi connectivity index (χ0v) is 15.9. The zero-order chi connectivity index (χ0) is 19.9. The predicted molar refractivity (Wildman–Crippen MR) is 109 cm³/mol. The largest absolute Gasteiger partial charge is 0.462 e. The molecule has 0 bridgehead atoms. The number of benzene rings is 2. The summed E-state index contributed by atoms with van der Waals surface area (Å²) in [6.07, 6.45) is 1.52. The number of hydrogen-bond acceptors (Lipinski definition) is 5. The molecule has 3 aromatic rings. The van der Waals surface area contributed by atoms with Gasteiger partial charge in [0, 0.05) is 22.5 Å². The highest BCUT2D eigenvalue weighted by atomic mass is 35.5. The van der Waals surface area contributed by atoms with Crippen LogP contribution >= 0.6 is 11.6 Å². The number of rotatable bonds is 6. The van der Waals surface area contributed by atoms with E-state index >= 15 is 0 Å². The van der Waals surface area contributed by atoms with Gasteiger partial charge in [-0.1, -0.05) is 29.8 Å². The smallest absolute Gasteiger partial charge is 0.340 e. The molecule has 28 heavy (non-hydrogen) atoms. The molecule has 0 fully saturated rings. The minimum absolute atomic E-state index is 0.282. The molecule has 0 saturated heterocycles. The monoisotopic (exact) mass is 395 g/mol. The van der Waals surface area contributed by atoms with Gasteiger partial charge in [-0.3, -0.25) is 4.79 Å². The van der Waals surface area contributed by atoms with Crippen molar-refractivity contribution in [2.75, 3.05) is 17.2 Å². The molecule has 0 aliphatic heterocycles. The van der Waals surface area contributed by atoms with Gasteiger partial charge in [0.25, 0.3) is 5.91 Å². The Morgan fingerprint density at radius 3 is 2.68 bits per heavy atom. The van der Waals surface area contributed by atoms with Crippen LogP contribution < -0.4 is 10.6 Å². The van der Waals surface area contributed by atoms with Crippen LogP contribution in [0, 0.1) is 0 Å². The molecule has 7 heteroatoms. The van der Waals surface area contributed by atoms with Gasteiger partial charge >= 0.3 is 5.97 Å². The Morgan fingerprint density at radius 1 is 1.07 bits per heavy atom. The molecule has 2 N–H and O–H groups in total. The van der Waals surface area contributed by atoms with Gasteiger partial charge in [0.2, 0.25) is 0 Å². The molecule has 1 amide bonds. The fourth-order valence-electron chi connectivity index (χ4n) is 2.53. The molecule has 0 atom stereocenters. The van der Waals surface area contributed by atoms with Crippen LogP contribution in [0.3, 0.4) is 0 Å². The fraction of sp³-hybridized carbons (Fsp3) is 0.0952.